The Hall–Kier alpha value is -4.00. The van der Waals surface area contributed by atoms with Gasteiger partial charge in [0, 0.05) is 22.9 Å². The molecule has 0 unspecified atom stereocenters. The van der Waals surface area contributed by atoms with Gasteiger partial charge in [0.1, 0.15) is 5.75 Å². The van der Waals surface area contributed by atoms with Gasteiger partial charge in [0.15, 0.2) is 0 Å². The van der Waals surface area contributed by atoms with E-state index in [1.165, 1.54) is 12.1 Å². The zero-order valence-electron chi connectivity index (χ0n) is 17.6. The number of rotatable bonds is 8. The third kappa shape index (κ3) is 6.26. The smallest absolute Gasteiger partial charge is 0.387 e. The van der Waals surface area contributed by atoms with Crippen LogP contribution in [0.25, 0.3) is 11.6 Å². The second-order valence-electron chi connectivity index (χ2n) is 7.67. The van der Waals surface area contributed by atoms with E-state index in [0.717, 1.165) is 12.8 Å². The molecule has 2 amide bonds. The third-order valence-electron chi connectivity index (χ3n) is 5.10. The van der Waals surface area contributed by atoms with Crippen molar-refractivity contribution in [1.82, 2.24) is 0 Å². The lowest BCUT2D eigenvalue weighted by Crippen LogP contribution is -2.15. The molecule has 5 nitrogen and oxygen atoms in total. The van der Waals surface area contributed by atoms with Gasteiger partial charge in [-0.25, -0.2) is 0 Å². The lowest BCUT2D eigenvalue weighted by atomic mass is 10.0. The van der Waals surface area contributed by atoms with Crippen molar-refractivity contribution in [3.8, 4) is 5.75 Å². The number of hydrogen-bond donors (Lipinski definition) is 2. The van der Waals surface area contributed by atoms with Crippen molar-refractivity contribution in [1.29, 1.82) is 0 Å². The van der Waals surface area contributed by atoms with Gasteiger partial charge in [0.2, 0.25) is 5.91 Å². The van der Waals surface area contributed by atoms with Crippen molar-refractivity contribution >= 4 is 34.8 Å². The molecular weight excluding hydrogens is 426 g/mol. The number of benzene rings is 3. The van der Waals surface area contributed by atoms with Gasteiger partial charge >= 0.3 is 6.61 Å². The van der Waals surface area contributed by atoms with E-state index in [9.17, 15) is 18.4 Å². The van der Waals surface area contributed by atoms with Gasteiger partial charge in [-0.3, -0.25) is 9.59 Å². The number of carbonyl (C=O) groups excluding carboxylic acids is 2. The van der Waals surface area contributed by atoms with E-state index in [1.54, 1.807) is 42.5 Å². The van der Waals surface area contributed by atoms with E-state index in [2.05, 4.69) is 15.4 Å². The maximum Gasteiger partial charge on any atom is 0.387 e. The highest BCUT2D eigenvalue weighted by molar-refractivity contribution is 6.29. The Morgan fingerprint density at radius 1 is 0.848 bits per heavy atom. The van der Waals surface area contributed by atoms with Crippen LogP contribution in [0.5, 0.6) is 5.75 Å². The summed E-state index contributed by atoms with van der Waals surface area (Å²) in [6, 6.07) is 22.1. The Labute approximate surface area is 190 Å². The molecule has 4 rings (SSSR count). The van der Waals surface area contributed by atoms with Crippen LogP contribution < -0.4 is 15.4 Å². The summed E-state index contributed by atoms with van der Waals surface area (Å²) >= 11 is 0. The van der Waals surface area contributed by atoms with E-state index in [0.29, 0.717) is 28.1 Å². The van der Waals surface area contributed by atoms with Gasteiger partial charge < -0.3 is 15.4 Å². The topological polar surface area (TPSA) is 67.4 Å². The molecule has 0 aromatic heterocycles. The molecule has 1 aliphatic rings. The van der Waals surface area contributed by atoms with Crippen LogP contribution in [0.3, 0.4) is 0 Å². The fraction of sp³-hybridized carbons (Fsp3) is 0.154. The highest BCUT2D eigenvalue weighted by Gasteiger charge is 2.29. The number of anilines is 2. The Balaban J connectivity index is 1.51. The summed E-state index contributed by atoms with van der Waals surface area (Å²) in [4.78, 5) is 25.0. The summed E-state index contributed by atoms with van der Waals surface area (Å²) in [5.41, 5.74) is 3.02. The fourth-order valence-corrected chi connectivity index (χ4v) is 3.24. The largest absolute Gasteiger partial charge is 0.435 e. The number of hydrogen-bond acceptors (Lipinski definition) is 3. The molecule has 1 fully saturated rings. The lowest BCUT2D eigenvalue weighted by molar-refractivity contribution is -0.117. The average molecular weight is 448 g/mol. The van der Waals surface area contributed by atoms with Gasteiger partial charge in [-0.15, -0.1) is 0 Å². The third-order valence-corrected chi connectivity index (χ3v) is 5.10. The van der Waals surface area contributed by atoms with Crippen LogP contribution in [0, 0.1) is 5.92 Å². The van der Waals surface area contributed by atoms with Gasteiger partial charge in [0.05, 0.1) is 0 Å². The Morgan fingerprint density at radius 2 is 1.45 bits per heavy atom. The average Bonchev–Trinajstić information content (AvgIpc) is 3.66. The summed E-state index contributed by atoms with van der Waals surface area (Å²) in [5.74, 6) is -0.157. The van der Waals surface area contributed by atoms with Gasteiger partial charge in [-0.1, -0.05) is 42.5 Å². The molecule has 0 spiro atoms. The first-order chi connectivity index (χ1) is 16.0. The first-order valence-corrected chi connectivity index (χ1v) is 10.5. The van der Waals surface area contributed by atoms with Crippen LogP contribution in [0.15, 0.2) is 78.9 Å². The quantitative estimate of drug-likeness (QED) is 0.337. The maximum atomic E-state index is 13.1. The monoisotopic (exact) mass is 448 g/mol. The molecule has 3 aromatic rings. The molecular formula is C26H22F2N2O3. The molecule has 3 aromatic carbocycles. The van der Waals surface area contributed by atoms with Crippen molar-refractivity contribution < 1.29 is 23.1 Å². The van der Waals surface area contributed by atoms with Crippen LogP contribution in [0.1, 0.15) is 24.0 Å². The first kappa shape index (κ1) is 22.2. The summed E-state index contributed by atoms with van der Waals surface area (Å²) in [6.45, 7) is -2.90. The highest BCUT2D eigenvalue weighted by atomic mass is 19.3. The number of amides is 2. The minimum Gasteiger partial charge on any atom is -0.435 e. The zero-order valence-corrected chi connectivity index (χ0v) is 17.6. The summed E-state index contributed by atoms with van der Waals surface area (Å²) in [5, 5.41) is 5.73. The number of nitrogens with one attached hydrogen (secondary N) is 2. The van der Waals surface area contributed by atoms with E-state index in [1.807, 2.05) is 30.3 Å². The van der Waals surface area contributed by atoms with Crippen molar-refractivity contribution in [3.63, 3.8) is 0 Å². The fourth-order valence-electron chi connectivity index (χ4n) is 3.24. The van der Waals surface area contributed by atoms with Crippen molar-refractivity contribution in [2.45, 2.75) is 19.5 Å². The molecule has 0 bridgehead atoms. The van der Waals surface area contributed by atoms with Gasteiger partial charge in [0.25, 0.3) is 5.91 Å². The second-order valence-corrected chi connectivity index (χ2v) is 7.67. The summed E-state index contributed by atoms with van der Waals surface area (Å²) in [6.07, 6.45) is 3.54. The first-order valence-electron chi connectivity index (χ1n) is 10.5. The lowest BCUT2D eigenvalue weighted by Gasteiger charge is -2.11. The summed E-state index contributed by atoms with van der Waals surface area (Å²) in [7, 11) is 0. The molecule has 0 heterocycles. The molecule has 0 aliphatic heterocycles. The predicted molar refractivity (Wildman–Crippen MR) is 124 cm³/mol. The standard InChI is InChI=1S/C26H22F2N2O3/c27-26(28)33-22-14-6-17(7-15-22)16-23(18-4-2-1-3-5-18)25(32)30-21-12-10-20(11-13-21)29-24(31)19-8-9-19/h1-7,10-16,19,26H,8-9H2,(H,29,31)(H,30,32). The normalized spacial score (nSPS) is 13.5. The SMILES string of the molecule is O=C(Nc1ccc(NC(=O)C2CC2)cc1)C(=Cc1ccc(OC(F)F)cc1)c1ccccc1. The zero-order chi connectivity index (χ0) is 23.2. The van der Waals surface area contributed by atoms with Crippen molar-refractivity contribution in [2.75, 3.05) is 10.6 Å². The molecule has 168 valence electrons. The van der Waals surface area contributed by atoms with Crippen LogP contribution in [-0.4, -0.2) is 18.4 Å². The highest BCUT2D eigenvalue weighted by Crippen LogP contribution is 2.30. The molecule has 1 saturated carbocycles. The van der Waals surface area contributed by atoms with Crippen LogP contribution >= 0.6 is 0 Å². The van der Waals surface area contributed by atoms with Crippen LogP contribution in [-0.2, 0) is 9.59 Å². The van der Waals surface area contributed by atoms with Crippen LogP contribution in [0.4, 0.5) is 20.2 Å². The van der Waals surface area contributed by atoms with E-state index >= 15 is 0 Å². The number of carbonyl (C=O) groups is 2. The van der Waals surface area contributed by atoms with Crippen molar-refractivity contribution in [2.24, 2.45) is 5.92 Å². The Bertz CT molecular complexity index is 1140. The molecule has 2 N–H and O–H groups in total. The Morgan fingerprint density at radius 3 is 2.03 bits per heavy atom. The Kier molecular flexibility index (Phi) is 6.78. The number of halogens is 2. The molecule has 7 heteroatoms. The van der Waals surface area contributed by atoms with E-state index < -0.39 is 6.61 Å². The molecule has 0 radical (unpaired) electrons. The molecule has 33 heavy (non-hydrogen) atoms. The molecule has 0 atom stereocenters. The maximum absolute atomic E-state index is 13.1. The molecule has 0 saturated heterocycles. The number of ether oxygens (including phenoxy) is 1. The molecule has 1 aliphatic carbocycles. The van der Waals surface area contributed by atoms with Crippen molar-refractivity contribution in [3.05, 3.63) is 90.0 Å². The van der Waals surface area contributed by atoms with E-state index in [4.69, 9.17) is 0 Å². The van der Waals surface area contributed by atoms with Crippen LogP contribution in [0.2, 0.25) is 0 Å². The predicted octanol–water partition coefficient (Wildman–Crippen LogP) is 5.82. The minimum absolute atomic E-state index is 0.0195. The second kappa shape index (κ2) is 10.1. The van der Waals surface area contributed by atoms with Gasteiger partial charge in [-0.05, 0) is 66.4 Å². The van der Waals surface area contributed by atoms with E-state index in [-0.39, 0.29) is 23.5 Å². The minimum atomic E-state index is -2.90. The number of alkyl halides is 2. The summed E-state index contributed by atoms with van der Waals surface area (Å²) < 4.78 is 29.1. The van der Waals surface area contributed by atoms with Gasteiger partial charge in [-0.2, -0.15) is 8.78 Å².